The normalized spacial score (nSPS) is 32.3. The number of rotatable bonds is 3. The van der Waals surface area contributed by atoms with Gasteiger partial charge >= 0.3 is 7.12 Å². The lowest BCUT2D eigenvalue weighted by molar-refractivity contribution is 0.399. The van der Waals surface area contributed by atoms with Crippen molar-refractivity contribution in [2.24, 2.45) is 5.92 Å². The van der Waals surface area contributed by atoms with Crippen LogP contribution in [0.25, 0.3) is 0 Å². The Bertz CT molecular complexity index is 95.1. The first-order valence-electron chi connectivity index (χ1n) is 3.61. The minimum absolute atomic E-state index is 0.199. The van der Waals surface area contributed by atoms with Crippen LogP contribution >= 0.6 is 0 Å². The fourth-order valence-electron chi connectivity index (χ4n) is 1.34. The highest BCUT2D eigenvalue weighted by molar-refractivity contribution is 6.44. The first-order chi connectivity index (χ1) is 4.25. The van der Waals surface area contributed by atoms with Crippen molar-refractivity contribution >= 4 is 7.12 Å². The highest BCUT2D eigenvalue weighted by atomic mass is 16.4. The second-order valence-electron chi connectivity index (χ2n) is 2.86. The van der Waals surface area contributed by atoms with E-state index in [1.807, 2.05) is 0 Å². The summed E-state index contributed by atoms with van der Waals surface area (Å²) in [4.78, 5) is 0. The minimum atomic E-state index is -1.05. The van der Waals surface area contributed by atoms with Gasteiger partial charge in [-0.25, -0.2) is 0 Å². The molecule has 0 aromatic rings. The predicted molar refractivity (Wildman–Crippen MR) is 37.0 cm³/mol. The summed E-state index contributed by atoms with van der Waals surface area (Å²) in [6.45, 7) is 2.12. The molecule has 52 valence electrons. The van der Waals surface area contributed by atoms with Gasteiger partial charge in [-0.3, -0.25) is 0 Å². The van der Waals surface area contributed by atoms with Crippen molar-refractivity contribution in [1.29, 1.82) is 0 Å². The van der Waals surface area contributed by atoms with Crippen molar-refractivity contribution < 1.29 is 10.0 Å². The fourth-order valence-corrected chi connectivity index (χ4v) is 1.34. The van der Waals surface area contributed by atoms with Crippen molar-refractivity contribution in [2.45, 2.75) is 32.0 Å². The van der Waals surface area contributed by atoms with Crippen LogP contribution in [0.5, 0.6) is 0 Å². The Hall–Kier alpha value is -0.0151. The van der Waals surface area contributed by atoms with Crippen LogP contribution in [0.1, 0.15) is 26.2 Å². The molecule has 0 radical (unpaired) electrons. The van der Waals surface area contributed by atoms with E-state index in [0.29, 0.717) is 5.92 Å². The van der Waals surface area contributed by atoms with E-state index in [4.69, 9.17) is 10.0 Å². The maximum Gasteiger partial charge on any atom is 0.455 e. The molecule has 9 heavy (non-hydrogen) atoms. The molecule has 2 unspecified atom stereocenters. The zero-order valence-electron chi connectivity index (χ0n) is 5.75. The van der Waals surface area contributed by atoms with Crippen LogP contribution in [0.2, 0.25) is 5.82 Å². The Balaban J connectivity index is 2.09. The highest BCUT2D eigenvalue weighted by Crippen LogP contribution is 2.48. The summed E-state index contributed by atoms with van der Waals surface area (Å²) in [7, 11) is -1.05. The molecule has 0 aromatic heterocycles. The fraction of sp³-hybridized carbons (Fsp3) is 1.00. The third kappa shape index (κ3) is 1.70. The Kier molecular flexibility index (Phi) is 2.14. The van der Waals surface area contributed by atoms with Crippen molar-refractivity contribution in [3.8, 4) is 0 Å². The molecule has 3 heteroatoms. The van der Waals surface area contributed by atoms with E-state index in [-0.39, 0.29) is 5.82 Å². The molecule has 0 amide bonds. The first kappa shape index (κ1) is 7.10. The smallest absolute Gasteiger partial charge is 0.427 e. The second-order valence-corrected chi connectivity index (χ2v) is 2.86. The van der Waals surface area contributed by atoms with E-state index in [1.54, 1.807) is 0 Å². The SMILES string of the molecule is CCCC1CC1B(O)O. The van der Waals surface area contributed by atoms with E-state index in [2.05, 4.69) is 6.92 Å². The van der Waals surface area contributed by atoms with Crippen molar-refractivity contribution in [3.63, 3.8) is 0 Å². The summed E-state index contributed by atoms with van der Waals surface area (Å²) in [6.07, 6.45) is 3.34. The lowest BCUT2D eigenvalue weighted by Crippen LogP contribution is -2.11. The summed E-state index contributed by atoms with van der Waals surface area (Å²) in [5.41, 5.74) is 0. The Morgan fingerprint density at radius 1 is 1.56 bits per heavy atom. The van der Waals surface area contributed by atoms with E-state index in [0.717, 1.165) is 19.3 Å². The number of hydrogen-bond donors (Lipinski definition) is 2. The zero-order valence-corrected chi connectivity index (χ0v) is 5.75. The molecule has 0 saturated heterocycles. The third-order valence-electron chi connectivity index (χ3n) is 2.02. The van der Waals surface area contributed by atoms with E-state index >= 15 is 0 Å². The molecular weight excluding hydrogens is 115 g/mol. The van der Waals surface area contributed by atoms with Crippen LogP contribution < -0.4 is 0 Å². The third-order valence-corrected chi connectivity index (χ3v) is 2.02. The van der Waals surface area contributed by atoms with Gasteiger partial charge in [0.2, 0.25) is 0 Å². The highest BCUT2D eigenvalue weighted by Gasteiger charge is 2.44. The van der Waals surface area contributed by atoms with Crippen LogP contribution in [0, 0.1) is 5.92 Å². The average molecular weight is 128 g/mol. The number of hydrogen-bond acceptors (Lipinski definition) is 2. The van der Waals surface area contributed by atoms with Crippen molar-refractivity contribution in [2.75, 3.05) is 0 Å². The van der Waals surface area contributed by atoms with Gasteiger partial charge in [0.1, 0.15) is 0 Å². The Morgan fingerprint density at radius 2 is 2.22 bits per heavy atom. The largest absolute Gasteiger partial charge is 0.455 e. The summed E-state index contributed by atoms with van der Waals surface area (Å²) < 4.78 is 0. The molecule has 1 aliphatic rings. The van der Waals surface area contributed by atoms with E-state index in [1.165, 1.54) is 0 Å². The van der Waals surface area contributed by atoms with Gasteiger partial charge < -0.3 is 10.0 Å². The molecule has 2 nitrogen and oxygen atoms in total. The van der Waals surface area contributed by atoms with E-state index < -0.39 is 7.12 Å². The molecule has 1 aliphatic carbocycles. The maximum atomic E-state index is 8.64. The van der Waals surface area contributed by atoms with E-state index in [9.17, 15) is 0 Å². The van der Waals surface area contributed by atoms with Crippen LogP contribution in [-0.2, 0) is 0 Å². The molecule has 0 spiro atoms. The van der Waals surface area contributed by atoms with Crippen molar-refractivity contribution in [1.82, 2.24) is 0 Å². The van der Waals surface area contributed by atoms with Gasteiger partial charge in [-0.1, -0.05) is 19.8 Å². The van der Waals surface area contributed by atoms with Crippen LogP contribution in [0.4, 0.5) is 0 Å². The van der Waals surface area contributed by atoms with Gasteiger partial charge in [0.15, 0.2) is 0 Å². The van der Waals surface area contributed by atoms with Gasteiger partial charge in [0, 0.05) is 0 Å². The van der Waals surface area contributed by atoms with Crippen LogP contribution in [-0.4, -0.2) is 17.2 Å². The molecule has 2 atom stereocenters. The standard InChI is InChI=1S/C6H13BO2/c1-2-3-5-4-6(5)7(8)9/h5-6,8-9H,2-4H2,1H3. The first-order valence-corrected chi connectivity index (χ1v) is 3.61. The lowest BCUT2D eigenvalue weighted by atomic mass is 9.81. The molecule has 1 rings (SSSR count). The molecule has 0 aliphatic heterocycles. The lowest BCUT2D eigenvalue weighted by Gasteiger charge is -1.93. The molecule has 2 N–H and O–H groups in total. The summed E-state index contributed by atoms with van der Waals surface area (Å²) in [6, 6.07) is 0. The van der Waals surface area contributed by atoms with Crippen molar-refractivity contribution in [3.05, 3.63) is 0 Å². The molecule has 0 heterocycles. The quantitative estimate of drug-likeness (QED) is 0.547. The molecule has 1 fully saturated rings. The van der Waals surface area contributed by atoms with Crippen LogP contribution in [0.15, 0.2) is 0 Å². The van der Waals surface area contributed by atoms with Gasteiger partial charge in [-0.2, -0.15) is 0 Å². The Labute approximate surface area is 56.0 Å². The Morgan fingerprint density at radius 3 is 2.56 bits per heavy atom. The summed E-state index contributed by atoms with van der Waals surface area (Å²) in [5.74, 6) is 0.806. The molecule has 1 saturated carbocycles. The predicted octanol–water partition coefficient (Wildman–Crippen LogP) is 0.649. The minimum Gasteiger partial charge on any atom is -0.427 e. The summed E-state index contributed by atoms with van der Waals surface area (Å²) >= 11 is 0. The molecular formula is C6H13BO2. The topological polar surface area (TPSA) is 40.5 Å². The van der Waals surface area contributed by atoms with Gasteiger partial charge in [0.05, 0.1) is 0 Å². The zero-order chi connectivity index (χ0) is 6.85. The van der Waals surface area contributed by atoms with Gasteiger partial charge in [-0.05, 0) is 18.2 Å². The maximum absolute atomic E-state index is 8.64. The van der Waals surface area contributed by atoms with Gasteiger partial charge in [-0.15, -0.1) is 0 Å². The van der Waals surface area contributed by atoms with Gasteiger partial charge in [0.25, 0.3) is 0 Å². The monoisotopic (exact) mass is 128 g/mol. The summed E-state index contributed by atoms with van der Waals surface area (Å²) in [5, 5.41) is 17.3. The van der Waals surface area contributed by atoms with Crippen LogP contribution in [0.3, 0.4) is 0 Å². The second kappa shape index (κ2) is 2.71. The molecule has 0 aromatic carbocycles. The molecule has 0 bridgehead atoms. The average Bonchev–Trinajstić information content (AvgIpc) is 2.47.